The van der Waals surface area contributed by atoms with Gasteiger partial charge in [0.2, 0.25) is 5.91 Å². The SMILES string of the molecule is COC(=O)CC1CN(C(C)=O)C2(C)C3(CCC12C)OCCO3. The van der Waals surface area contributed by atoms with E-state index in [1.165, 1.54) is 7.11 Å². The smallest absolute Gasteiger partial charge is 0.305 e. The van der Waals surface area contributed by atoms with Crippen LogP contribution in [0.2, 0.25) is 0 Å². The average molecular weight is 311 g/mol. The highest BCUT2D eigenvalue weighted by Gasteiger charge is 2.74. The fourth-order valence-corrected chi connectivity index (χ4v) is 4.96. The third kappa shape index (κ3) is 1.74. The minimum atomic E-state index is -0.738. The van der Waals surface area contributed by atoms with Crippen molar-refractivity contribution in [2.45, 2.75) is 51.4 Å². The van der Waals surface area contributed by atoms with E-state index in [9.17, 15) is 9.59 Å². The quantitative estimate of drug-likeness (QED) is 0.720. The van der Waals surface area contributed by atoms with Gasteiger partial charge in [0.25, 0.3) is 0 Å². The van der Waals surface area contributed by atoms with Crippen LogP contribution in [0.15, 0.2) is 0 Å². The van der Waals surface area contributed by atoms with Crippen LogP contribution in [0.25, 0.3) is 0 Å². The highest BCUT2D eigenvalue weighted by molar-refractivity contribution is 5.76. The topological polar surface area (TPSA) is 65.1 Å². The third-order valence-electron chi connectivity index (χ3n) is 6.45. The molecule has 6 heteroatoms. The van der Waals surface area contributed by atoms with Crippen LogP contribution in [0.4, 0.5) is 0 Å². The van der Waals surface area contributed by atoms with Gasteiger partial charge < -0.3 is 19.1 Å². The number of ether oxygens (including phenoxy) is 3. The summed E-state index contributed by atoms with van der Waals surface area (Å²) in [7, 11) is 1.40. The second-order valence-electron chi connectivity index (χ2n) is 7.05. The molecule has 3 atom stereocenters. The second kappa shape index (κ2) is 4.93. The van der Waals surface area contributed by atoms with E-state index < -0.39 is 11.3 Å². The van der Waals surface area contributed by atoms with Crippen molar-refractivity contribution in [1.82, 2.24) is 4.90 Å². The molecule has 0 aromatic rings. The summed E-state index contributed by atoms with van der Waals surface area (Å²) >= 11 is 0. The number of likely N-dealkylation sites (tertiary alicyclic amines) is 1. The molecule has 6 nitrogen and oxygen atoms in total. The number of fused-ring (bicyclic) bond motifs is 2. The number of methoxy groups -OCH3 is 1. The van der Waals surface area contributed by atoms with Crippen molar-refractivity contribution in [2.75, 3.05) is 26.9 Å². The summed E-state index contributed by atoms with van der Waals surface area (Å²) in [6.07, 6.45) is 1.94. The zero-order valence-electron chi connectivity index (χ0n) is 13.8. The van der Waals surface area contributed by atoms with Gasteiger partial charge >= 0.3 is 5.97 Å². The molecule has 0 N–H and O–H groups in total. The van der Waals surface area contributed by atoms with Gasteiger partial charge in [0.05, 0.1) is 32.3 Å². The van der Waals surface area contributed by atoms with Crippen LogP contribution in [0.5, 0.6) is 0 Å². The molecule has 124 valence electrons. The summed E-state index contributed by atoms with van der Waals surface area (Å²) < 4.78 is 16.9. The van der Waals surface area contributed by atoms with E-state index in [-0.39, 0.29) is 23.2 Å². The van der Waals surface area contributed by atoms with Crippen LogP contribution in [-0.4, -0.2) is 55.0 Å². The first kappa shape index (κ1) is 15.7. The number of carbonyl (C=O) groups excluding carboxylic acids is 2. The largest absolute Gasteiger partial charge is 0.469 e. The average Bonchev–Trinajstić information content (AvgIpc) is 3.10. The minimum Gasteiger partial charge on any atom is -0.469 e. The minimum absolute atomic E-state index is 0.00136. The van der Waals surface area contributed by atoms with Crippen LogP contribution in [0, 0.1) is 11.3 Å². The summed E-state index contributed by atoms with van der Waals surface area (Å²) in [5, 5.41) is 0. The fourth-order valence-electron chi connectivity index (χ4n) is 4.96. The third-order valence-corrected chi connectivity index (χ3v) is 6.45. The van der Waals surface area contributed by atoms with Crippen LogP contribution in [-0.2, 0) is 23.8 Å². The van der Waals surface area contributed by atoms with E-state index in [2.05, 4.69) is 13.8 Å². The Morgan fingerprint density at radius 1 is 1.23 bits per heavy atom. The summed E-state index contributed by atoms with van der Waals surface area (Å²) in [4.78, 5) is 25.9. The van der Waals surface area contributed by atoms with E-state index in [0.717, 1.165) is 12.8 Å². The molecular weight excluding hydrogens is 286 g/mol. The molecule has 1 amide bonds. The fraction of sp³-hybridized carbons (Fsp3) is 0.875. The molecule has 2 heterocycles. The molecule has 3 rings (SSSR count). The molecule has 0 bridgehead atoms. The van der Waals surface area contributed by atoms with Gasteiger partial charge in [-0.15, -0.1) is 0 Å². The number of esters is 1. The van der Waals surface area contributed by atoms with E-state index in [1.54, 1.807) is 6.92 Å². The number of hydrogen-bond donors (Lipinski definition) is 0. The van der Waals surface area contributed by atoms with Gasteiger partial charge in [-0.25, -0.2) is 0 Å². The molecule has 3 unspecified atom stereocenters. The van der Waals surface area contributed by atoms with Crippen molar-refractivity contribution < 1.29 is 23.8 Å². The van der Waals surface area contributed by atoms with Gasteiger partial charge in [-0.05, 0) is 19.3 Å². The molecule has 1 spiro atoms. The normalized spacial score (nSPS) is 39.3. The molecule has 2 saturated heterocycles. The number of amides is 1. The molecule has 0 aromatic carbocycles. The van der Waals surface area contributed by atoms with E-state index in [0.29, 0.717) is 26.2 Å². The summed E-state index contributed by atoms with van der Waals surface area (Å²) in [6.45, 7) is 7.45. The molecule has 2 aliphatic heterocycles. The standard InChI is InChI=1S/C16H25NO5/c1-11(18)17-10-12(9-13(19)20-4)14(2)5-6-16(15(14,17)3)21-7-8-22-16/h12H,5-10H2,1-4H3. The van der Waals surface area contributed by atoms with Gasteiger partial charge in [-0.3, -0.25) is 9.59 Å². The van der Waals surface area contributed by atoms with Crippen molar-refractivity contribution in [1.29, 1.82) is 0 Å². The number of carbonyl (C=O) groups is 2. The number of hydrogen-bond acceptors (Lipinski definition) is 5. The lowest BCUT2D eigenvalue weighted by molar-refractivity contribution is -0.229. The Hall–Kier alpha value is -1.14. The van der Waals surface area contributed by atoms with Gasteiger partial charge in [0.15, 0.2) is 5.79 Å². The van der Waals surface area contributed by atoms with Gasteiger partial charge in [-0.1, -0.05) is 6.92 Å². The Kier molecular flexibility index (Phi) is 3.53. The van der Waals surface area contributed by atoms with Crippen LogP contribution in [0.3, 0.4) is 0 Å². The Morgan fingerprint density at radius 2 is 1.86 bits per heavy atom. The lowest BCUT2D eigenvalue weighted by Gasteiger charge is -2.48. The molecule has 0 radical (unpaired) electrons. The van der Waals surface area contributed by atoms with Crippen molar-refractivity contribution in [3.8, 4) is 0 Å². The Morgan fingerprint density at radius 3 is 2.41 bits per heavy atom. The summed E-state index contributed by atoms with van der Waals surface area (Å²) in [5.74, 6) is -0.908. The molecule has 1 saturated carbocycles. The van der Waals surface area contributed by atoms with Crippen LogP contribution in [0.1, 0.15) is 40.0 Å². The van der Waals surface area contributed by atoms with Gasteiger partial charge in [0.1, 0.15) is 0 Å². The predicted octanol–water partition coefficient (Wildman–Crippen LogP) is 1.33. The van der Waals surface area contributed by atoms with Gasteiger partial charge in [0, 0.05) is 25.3 Å². The van der Waals surface area contributed by atoms with Crippen molar-refractivity contribution >= 4 is 11.9 Å². The number of nitrogens with zero attached hydrogens (tertiary/aromatic N) is 1. The Balaban J connectivity index is 2.02. The summed E-state index contributed by atoms with van der Waals surface area (Å²) in [6, 6.07) is 0. The van der Waals surface area contributed by atoms with E-state index in [1.807, 2.05) is 4.90 Å². The highest BCUT2D eigenvalue weighted by atomic mass is 16.7. The van der Waals surface area contributed by atoms with Crippen molar-refractivity contribution in [3.05, 3.63) is 0 Å². The maximum absolute atomic E-state index is 12.3. The monoisotopic (exact) mass is 311 g/mol. The molecular formula is C16H25NO5. The lowest BCUT2D eigenvalue weighted by Crippen LogP contribution is -2.63. The lowest BCUT2D eigenvalue weighted by atomic mass is 9.67. The van der Waals surface area contributed by atoms with Crippen molar-refractivity contribution in [2.24, 2.45) is 11.3 Å². The van der Waals surface area contributed by atoms with E-state index in [4.69, 9.17) is 14.2 Å². The molecule has 1 aliphatic carbocycles. The maximum Gasteiger partial charge on any atom is 0.305 e. The molecule has 0 aromatic heterocycles. The molecule has 3 aliphatic rings. The first-order valence-electron chi connectivity index (χ1n) is 7.94. The predicted molar refractivity (Wildman–Crippen MR) is 77.9 cm³/mol. The Labute approximate surface area is 131 Å². The molecule has 3 fully saturated rings. The summed E-state index contributed by atoms with van der Waals surface area (Å²) in [5.41, 5.74) is -0.780. The maximum atomic E-state index is 12.3. The van der Waals surface area contributed by atoms with E-state index >= 15 is 0 Å². The zero-order valence-corrected chi connectivity index (χ0v) is 13.8. The first-order valence-corrected chi connectivity index (χ1v) is 7.94. The first-order chi connectivity index (χ1) is 10.3. The molecule has 22 heavy (non-hydrogen) atoms. The Bertz CT molecular complexity index is 501. The highest BCUT2D eigenvalue weighted by Crippen LogP contribution is 2.65. The number of rotatable bonds is 2. The second-order valence-corrected chi connectivity index (χ2v) is 7.05. The van der Waals surface area contributed by atoms with Crippen molar-refractivity contribution in [3.63, 3.8) is 0 Å². The van der Waals surface area contributed by atoms with Crippen LogP contribution < -0.4 is 0 Å². The van der Waals surface area contributed by atoms with Crippen LogP contribution >= 0.6 is 0 Å². The van der Waals surface area contributed by atoms with Gasteiger partial charge in [-0.2, -0.15) is 0 Å². The zero-order chi connectivity index (χ0) is 16.2.